The molecule has 1 aromatic carbocycles. The van der Waals surface area contributed by atoms with Crippen LogP contribution in [0.3, 0.4) is 0 Å². The molecule has 1 aromatic rings. The lowest BCUT2D eigenvalue weighted by Crippen LogP contribution is -2.51. The number of nitrogens with one attached hydrogen (secondary N) is 2. The molecule has 24 heavy (non-hydrogen) atoms. The van der Waals surface area contributed by atoms with Gasteiger partial charge in [0.2, 0.25) is 0 Å². The highest BCUT2D eigenvalue weighted by molar-refractivity contribution is 5.74. The van der Waals surface area contributed by atoms with E-state index in [1.807, 2.05) is 17.0 Å². The van der Waals surface area contributed by atoms with Crippen molar-refractivity contribution in [2.45, 2.75) is 64.1 Å². The molecule has 1 aliphatic rings. The first-order valence-electron chi connectivity index (χ1n) is 9.17. The van der Waals surface area contributed by atoms with Gasteiger partial charge < -0.3 is 15.4 Å². The van der Waals surface area contributed by atoms with Gasteiger partial charge >= 0.3 is 0 Å². The van der Waals surface area contributed by atoms with Gasteiger partial charge in [-0.25, -0.2) is 0 Å². The van der Waals surface area contributed by atoms with Crippen molar-refractivity contribution >= 4 is 5.96 Å². The average molecular weight is 332 g/mol. The third kappa shape index (κ3) is 6.04. The molecule has 134 valence electrons. The molecule has 5 nitrogen and oxygen atoms in total. The molecule has 2 rings (SSSR count). The summed E-state index contributed by atoms with van der Waals surface area (Å²) >= 11 is 0. The predicted molar refractivity (Wildman–Crippen MR) is 99.2 cm³/mol. The van der Waals surface area contributed by atoms with Gasteiger partial charge in [0.1, 0.15) is 5.75 Å². The minimum absolute atomic E-state index is 0.141. The number of guanidine groups is 1. The molecule has 0 saturated carbocycles. The quantitative estimate of drug-likeness (QED) is 0.583. The summed E-state index contributed by atoms with van der Waals surface area (Å²) in [5.74, 6) is 1.06. The standard InChI is InChI=1S/C19H32N4O/c1-24-17-12-10-16(11-13-17)15-22-18-9-7-5-3-2-4-6-8-14-23(18)19(20)21/h10-13,18,22H,2-9,14-15H2,1H3,(H3,20,21)/t18-/m1/s1. The second-order valence-corrected chi connectivity index (χ2v) is 6.59. The molecule has 1 aliphatic heterocycles. The van der Waals surface area contributed by atoms with E-state index >= 15 is 0 Å². The van der Waals surface area contributed by atoms with Crippen molar-refractivity contribution in [1.82, 2.24) is 10.2 Å². The highest BCUT2D eigenvalue weighted by Crippen LogP contribution is 2.16. The van der Waals surface area contributed by atoms with E-state index in [1.54, 1.807) is 7.11 Å². The number of hydrogen-bond acceptors (Lipinski definition) is 3. The lowest BCUT2D eigenvalue weighted by molar-refractivity contribution is 0.235. The molecule has 1 atom stereocenters. The summed E-state index contributed by atoms with van der Waals surface area (Å²) in [5.41, 5.74) is 7.08. The fraction of sp³-hybridized carbons (Fsp3) is 0.632. The van der Waals surface area contributed by atoms with Crippen LogP contribution in [0.25, 0.3) is 0 Å². The van der Waals surface area contributed by atoms with Crippen molar-refractivity contribution in [3.05, 3.63) is 29.8 Å². The highest BCUT2D eigenvalue weighted by Gasteiger charge is 2.19. The fourth-order valence-corrected chi connectivity index (χ4v) is 3.30. The van der Waals surface area contributed by atoms with Crippen LogP contribution in [-0.2, 0) is 6.54 Å². The molecular weight excluding hydrogens is 300 g/mol. The Morgan fingerprint density at radius 2 is 1.75 bits per heavy atom. The molecule has 5 heteroatoms. The summed E-state index contributed by atoms with van der Waals surface area (Å²) in [6.07, 6.45) is 9.94. The number of rotatable bonds is 4. The molecule has 0 amide bonds. The summed E-state index contributed by atoms with van der Waals surface area (Å²) < 4.78 is 5.21. The highest BCUT2D eigenvalue weighted by atomic mass is 16.5. The van der Waals surface area contributed by atoms with E-state index in [0.29, 0.717) is 0 Å². The molecule has 4 N–H and O–H groups in total. The summed E-state index contributed by atoms with van der Waals surface area (Å²) in [6.45, 7) is 1.65. The van der Waals surface area contributed by atoms with Gasteiger partial charge in [-0.05, 0) is 30.5 Å². The lowest BCUT2D eigenvalue weighted by Gasteiger charge is -2.33. The molecule has 0 unspecified atom stereocenters. The van der Waals surface area contributed by atoms with Crippen molar-refractivity contribution < 1.29 is 4.74 Å². The van der Waals surface area contributed by atoms with E-state index in [2.05, 4.69) is 17.4 Å². The molecule has 0 radical (unpaired) electrons. The van der Waals surface area contributed by atoms with Gasteiger partial charge in [-0.3, -0.25) is 10.7 Å². The number of nitrogens with two attached hydrogens (primary N) is 1. The van der Waals surface area contributed by atoms with Crippen LogP contribution in [0.15, 0.2) is 24.3 Å². The number of methoxy groups -OCH3 is 1. The van der Waals surface area contributed by atoms with Crippen molar-refractivity contribution in [1.29, 1.82) is 5.41 Å². The molecule has 1 fully saturated rings. The third-order valence-electron chi connectivity index (χ3n) is 4.76. The first kappa shape index (κ1) is 18.6. The first-order chi connectivity index (χ1) is 11.7. The van der Waals surface area contributed by atoms with Gasteiger partial charge in [-0.1, -0.05) is 50.7 Å². The maximum atomic E-state index is 7.95. The van der Waals surface area contributed by atoms with Crippen molar-refractivity contribution in [2.75, 3.05) is 13.7 Å². The summed E-state index contributed by atoms with van der Waals surface area (Å²) in [6, 6.07) is 8.12. The minimum Gasteiger partial charge on any atom is -0.497 e. The second kappa shape index (κ2) is 10.2. The predicted octanol–water partition coefficient (Wildman–Crippen LogP) is 3.44. The van der Waals surface area contributed by atoms with Crippen LogP contribution >= 0.6 is 0 Å². The van der Waals surface area contributed by atoms with E-state index in [-0.39, 0.29) is 12.1 Å². The Hall–Kier alpha value is -1.75. The minimum atomic E-state index is 0.141. The SMILES string of the molecule is COc1ccc(CN[C@H]2CCCCCCCCCN2C(=N)N)cc1. The Labute approximate surface area is 146 Å². The Balaban J connectivity index is 1.97. The molecule has 1 saturated heterocycles. The normalized spacial score (nSPS) is 20.2. The topological polar surface area (TPSA) is 74.4 Å². The van der Waals surface area contributed by atoms with E-state index in [4.69, 9.17) is 15.9 Å². The number of ether oxygens (including phenoxy) is 1. The van der Waals surface area contributed by atoms with Crippen molar-refractivity contribution in [3.8, 4) is 5.75 Å². The number of hydrogen-bond donors (Lipinski definition) is 3. The zero-order valence-electron chi connectivity index (χ0n) is 14.9. The Kier molecular flexibility index (Phi) is 7.89. The van der Waals surface area contributed by atoms with Gasteiger partial charge in [0.25, 0.3) is 0 Å². The molecule has 0 aliphatic carbocycles. The van der Waals surface area contributed by atoms with Crippen molar-refractivity contribution in [3.63, 3.8) is 0 Å². The molecule has 0 aromatic heterocycles. The third-order valence-corrected chi connectivity index (χ3v) is 4.76. The van der Waals surface area contributed by atoms with Crippen LogP contribution in [0.5, 0.6) is 5.75 Å². The van der Waals surface area contributed by atoms with Crippen LogP contribution in [0.2, 0.25) is 0 Å². The lowest BCUT2D eigenvalue weighted by atomic mass is 10.1. The van der Waals surface area contributed by atoms with Gasteiger partial charge in [-0.2, -0.15) is 0 Å². The zero-order valence-corrected chi connectivity index (χ0v) is 14.9. The van der Waals surface area contributed by atoms with Crippen LogP contribution in [0.4, 0.5) is 0 Å². The Morgan fingerprint density at radius 3 is 2.38 bits per heavy atom. The Morgan fingerprint density at radius 1 is 1.12 bits per heavy atom. The maximum absolute atomic E-state index is 7.95. The van der Waals surface area contributed by atoms with E-state index in [1.165, 1.54) is 44.1 Å². The smallest absolute Gasteiger partial charge is 0.189 e. The summed E-state index contributed by atoms with van der Waals surface area (Å²) in [7, 11) is 1.68. The average Bonchev–Trinajstić information content (AvgIpc) is 2.65. The van der Waals surface area contributed by atoms with Crippen molar-refractivity contribution in [2.24, 2.45) is 5.73 Å². The summed E-state index contributed by atoms with van der Waals surface area (Å²) in [5, 5.41) is 11.6. The summed E-state index contributed by atoms with van der Waals surface area (Å²) in [4.78, 5) is 2.04. The fourth-order valence-electron chi connectivity index (χ4n) is 3.30. The number of nitrogens with zero attached hydrogens (tertiary/aromatic N) is 1. The van der Waals surface area contributed by atoms with Crippen LogP contribution in [0, 0.1) is 5.41 Å². The van der Waals surface area contributed by atoms with Gasteiger partial charge in [0.15, 0.2) is 5.96 Å². The number of benzene rings is 1. The molecule has 0 bridgehead atoms. The Bertz CT molecular complexity index is 489. The molecular formula is C19H32N4O. The van der Waals surface area contributed by atoms with Crippen LogP contribution in [-0.4, -0.2) is 30.7 Å². The van der Waals surface area contributed by atoms with E-state index in [9.17, 15) is 0 Å². The molecule has 1 heterocycles. The second-order valence-electron chi connectivity index (χ2n) is 6.59. The molecule has 0 spiro atoms. The van der Waals surface area contributed by atoms with Gasteiger partial charge in [0.05, 0.1) is 13.3 Å². The largest absolute Gasteiger partial charge is 0.497 e. The van der Waals surface area contributed by atoms with Gasteiger partial charge in [-0.15, -0.1) is 0 Å². The van der Waals surface area contributed by atoms with Gasteiger partial charge in [0, 0.05) is 13.1 Å². The van der Waals surface area contributed by atoms with E-state index in [0.717, 1.165) is 31.7 Å². The van der Waals surface area contributed by atoms with E-state index < -0.39 is 0 Å². The zero-order chi connectivity index (χ0) is 17.2. The first-order valence-corrected chi connectivity index (χ1v) is 9.17. The monoisotopic (exact) mass is 332 g/mol. The van der Waals surface area contributed by atoms with Crippen LogP contribution in [0.1, 0.15) is 56.9 Å². The maximum Gasteiger partial charge on any atom is 0.189 e. The van der Waals surface area contributed by atoms with Crippen LogP contribution < -0.4 is 15.8 Å².